The molecule has 0 aliphatic heterocycles. The van der Waals surface area contributed by atoms with Gasteiger partial charge in [0.05, 0.1) is 10.2 Å². The zero-order valence-corrected chi connectivity index (χ0v) is 14.1. The molecule has 0 saturated heterocycles. The summed E-state index contributed by atoms with van der Waals surface area (Å²) < 4.78 is 38.3. The first kappa shape index (κ1) is 15.4. The Morgan fingerprint density at radius 2 is 2.00 bits per heavy atom. The summed E-state index contributed by atoms with van der Waals surface area (Å²) in [7, 11) is -3.46. The number of sulfone groups is 1. The zero-order chi connectivity index (χ0) is 15.9. The predicted molar refractivity (Wildman–Crippen MR) is 87.7 cm³/mol. The van der Waals surface area contributed by atoms with E-state index in [1.54, 1.807) is 11.4 Å². The standard InChI is InChI=1S/C14H11FN2O2S3/c1-20-8-3-4-9(11(15)5-8)10-6-21-13-12(10)16-7-17-14(13)22(2,18)19/h3-7H,1-2H3. The SMILES string of the molecule is CSc1ccc(-c2csc3c(S(C)(=O)=O)ncnc23)c(F)c1. The summed E-state index contributed by atoms with van der Waals surface area (Å²) in [6, 6.07) is 4.97. The van der Waals surface area contributed by atoms with Gasteiger partial charge in [0.1, 0.15) is 12.1 Å². The monoisotopic (exact) mass is 354 g/mol. The number of fused-ring (bicyclic) bond motifs is 1. The number of hydrogen-bond donors (Lipinski definition) is 0. The molecule has 114 valence electrons. The van der Waals surface area contributed by atoms with Crippen LogP contribution in [0.4, 0.5) is 4.39 Å². The Bertz CT molecular complexity index is 967. The minimum absolute atomic E-state index is 0.0186. The van der Waals surface area contributed by atoms with Gasteiger partial charge in [0.2, 0.25) is 0 Å². The predicted octanol–water partition coefficient (Wildman–Crippen LogP) is 3.62. The number of thiophene rings is 1. The van der Waals surface area contributed by atoms with Crippen molar-refractivity contribution < 1.29 is 12.8 Å². The largest absolute Gasteiger partial charge is 0.235 e. The molecule has 0 unspecified atom stereocenters. The first-order valence-electron chi connectivity index (χ1n) is 6.18. The lowest BCUT2D eigenvalue weighted by Gasteiger charge is -2.04. The van der Waals surface area contributed by atoms with Crippen molar-refractivity contribution in [1.82, 2.24) is 9.97 Å². The maximum absolute atomic E-state index is 14.3. The molecule has 0 N–H and O–H groups in total. The average molecular weight is 354 g/mol. The van der Waals surface area contributed by atoms with Crippen molar-refractivity contribution in [2.24, 2.45) is 0 Å². The minimum Gasteiger partial charge on any atom is -0.235 e. The molecule has 3 aromatic rings. The van der Waals surface area contributed by atoms with E-state index in [9.17, 15) is 12.8 Å². The van der Waals surface area contributed by atoms with E-state index in [4.69, 9.17) is 0 Å². The minimum atomic E-state index is -3.46. The fourth-order valence-corrected chi connectivity index (χ4v) is 4.72. The maximum Gasteiger partial charge on any atom is 0.194 e. The molecule has 0 aliphatic carbocycles. The van der Waals surface area contributed by atoms with Crippen molar-refractivity contribution in [3.05, 3.63) is 35.7 Å². The van der Waals surface area contributed by atoms with Crippen LogP contribution >= 0.6 is 23.1 Å². The lowest BCUT2D eigenvalue weighted by molar-refractivity contribution is 0.599. The van der Waals surface area contributed by atoms with Gasteiger partial charge in [0.15, 0.2) is 14.9 Å². The van der Waals surface area contributed by atoms with E-state index >= 15 is 0 Å². The third-order valence-electron chi connectivity index (χ3n) is 3.14. The third kappa shape index (κ3) is 2.62. The molecule has 3 rings (SSSR count). The van der Waals surface area contributed by atoms with Crippen molar-refractivity contribution in [3.8, 4) is 11.1 Å². The van der Waals surface area contributed by atoms with Crippen LogP contribution in [0.5, 0.6) is 0 Å². The average Bonchev–Trinajstić information content (AvgIpc) is 2.89. The number of nitrogens with zero attached hydrogens (tertiary/aromatic N) is 2. The summed E-state index contributed by atoms with van der Waals surface area (Å²) in [6.07, 6.45) is 4.17. The number of aromatic nitrogens is 2. The van der Waals surface area contributed by atoms with Gasteiger partial charge in [0.25, 0.3) is 0 Å². The van der Waals surface area contributed by atoms with Crippen LogP contribution in [0, 0.1) is 5.82 Å². The highest BCUT2D eigenvalue weighted by Gasteiger charge is 2.19. The highest BCUT2D eigenvalue weighted by Crippen LogP contribution is 2.37. The summed E-state index contributed by atoms with van der Waals surface area (Å²) in [4.78, 5) is 8.81. The molecule has 0 radical (unpaired) electrons. The maximum atomic E-state index is 14.3. The van der Waals surface area contributed by atoms with Crippen molar-refractivity contribution in [2.45, 2.75) is 9.92 Å². The van der Waals surface area contributed by atoms with Gasteiger partial charge in [-0.1, -0.05) is 6.07 Å². The fraction of sp³-hybridized carbons (Fsp3) is 0.143. The van der Waals surface area contributed by atoms with Crippen LogP contribution in [0.3, 0.4) is 0 Å². The lowest BCUT2D eigenvalue weighted by Crippen LogP contribution is -2.01. The Morgan fingerprint density at radius 3 is 2.64 bits per heavy atom. The summed E-state index contributed by atoms with van der Waals surface area (Å²) in [6.45, 7) is 0. The second-order valence-electron chi connectivity index (χ2n) is 4.62. The van der Waals surface area contributed by atoms with Gasteiger partial charge in [-0.25, -0.2) is 22.8 Å². The van der Waals surface area contributed by atoms with E-state index in [-0.39, 0.29) is 10.8 Å². The summed E-state index contributed by atoms with van der Waals surface area (Å²) in [5, 5.41) is 1.69. The van der Waals surface area contributed by atoms with Gasteiger partial charge in [-0.15, -0.1) is 23.1 Å². The number of halogens is 1. The lowest BCUT2D eigenvalue weighted by atomic mass is 10.1. The molecule has 0 saturated carbocycles. The molecule has 0 fully saturated rings. The van der Waals surface area contributed by atoms with Crippen LogP contribution in [-0.2, 0) is 9.84 Å². The van der Waals surface area contributed by atoms with Crippen LogP contribution in [0.15, 0.2) is 39.8 Å². The van der Waals surface area contributed by atoms with Crippen molar-refractivity contribution in [3.63, 3.8) is 0 Å². The quantitative estimate of drug-likeness (QED) is 0.531. The fourth-order valence-electron chi connectivity index (χ4n) is 2.13. The van der Waals surface area contributed by atoms with Gasteiger partial charge in [-0.2, -0.15) is 0 Å². The molecule has 0 bridgehead atoms. The van der Waals surface area contributed by atoms with Crippen molar-refractivity contribution >= 4 is 43.2 Å². The highest BCUT2D eigenvalue weighted by atomic mass is 32.2. The van der Waals surface area contributed by atoms with E-state index in [1.165, 1.54) is 35.5 Å². The van der Waals surface area contributed by atoms with Crippen LogP contribution < -0.4 is 0 Å². The normalized spacial score (nSPS) is 12.0. The van der Waals surface area contributed by atoms with Gasteiger partial charge in [-0.05, 0) is 18.4 Å². The molecule has 0 atom stereocenters. The number of hydrogen-bond acceptors (Lipinski definition) is 6. The van der Waals surface area contributed by atoms with E-state index in [1.807, 2.05) is 12.3 Å². The highest BCUT2D eigenvalue weighted by molar-refractivity contribution is 7.98. The number of thioether (sulfide) groups is 1. The molecule has 4 nitrogen and oxygen atoms in total. The molecule has 8 heteroatoms. The summed E-state index contributed by atoms with van der Waals surface area (Å²) >= 11 is 2.66. The third-order valence-corrected chi connectivity index (χ3v) is 5.98. The molecule has 22 heavy (non-hydrogen) atoms. The smallest absolute Gasteiger partial charge is 0.194 e. The van der Waals surface area contributed by atoms with E-state index in [0.29, 0.717) is 21.3 Å². The summed E-state index contributed by atoms with van der Waals surface area (Å²) in [5.74, 6) is -0.355. The Hall–Kier alpha value is -1.51. The zero-order valence-electron chi connectivity index (χ0n) is 11.7. The molecule has 2 heterocycles. The first-order chi connectivity index (χ1) is 10.4. The van der Waals surface area contributed by atoms with Crippen molar-refractivity contribution in [2.75, 3.05) is 12.5 Å². The van der Waals surface area contributed by atoms with Crippen LogP contribution in [0.2, 0.25) is 0 Å². The van der Waals surface area contributed by atoms with E-state index in [2.05, 4.69) is 9.97 Å². The number of rotatable bonds is 3. The molecule has 0 amide bonds. The molecular formula is C14H11FN2O2S3. The van der Waals surface area contributed by atoms with E-state index < -0.39 is 9.84 Å². The van der Waals surface area contributed by atoms with Crippen molar-refractivity contribution in [1.29, 1.82) is 0 Å². The van der Waals surface area contributed by atoms with Crippen LogP contribution in [0.25, 0.3) is 21.3 Å². The molecule has 0 spiro atoms. The molecule has 0 aliphatic rings. The number of benzene rings is 1. The Labute approximate surface area is 135 Å². The second-order valence-corrected chi connectivity index (χ2v) is 8.31. The van der Waals surface area contributed by atoms with Gasteiger partial charge < -0.3 is 0 Å². The summed E-state index contributed by atoms with van der Waals surface area (Å²) in [5.41, 5.74) is 1.44. The topological polar surface area (TPSA) is 59.9 Å². The van der Waals surface area contributed by atoms with E-state index in [0.717, 1.165) is 11.2 Å². The molecular weight excluding hydrogens is 343 g/mol. The second kappa shape index (κ2) is 5.60. The van der Waals surface area contributed by atoms with Gasteiger partial charge in [-0.3, -0.25) is 0 Å². The van der Waals surface area contributed by atoms with Crippen LogP contribution in [-0.4, -0.2) is 30.9 Å². The Morgan fingerprint density at radius 1 is 1.23 bits per heavy atom. The first-order valence-corrected chi connectivity index (χ1v) is 10.2. The Kier molecular flexibility index (Phi) is 3.92. The van der Waals surface area contributed by atoms with Gasteiger partial charge >= 0.3 is 0 Å². The molecule has 2 aromatic heterocycles. The Balaban J connectivity index is 2.26. The van der Waals surface area contributed by atoms with Gasteiger partial charge in [0, 0.05) is 27.7 Å². The molecule has 1 aromatic carbocycles. The van der Waals surface area contributed by atoms with Crippen LogP contribution in [0.1, 0.15) is 0 Å².